The van der Waals surface area contributed by atoms with E-state index in [4.69, 9.17) is 4.74 Å². The molecule has 1 N–H and O–H groups in total. The van der Waals surface area contributed by atoms with Crippen LogP contribution in [0, 0.1) is 22.7 Å². The van der Waals surface area contributed by atoms with Gasteiger partial charge in [-0.3, -0.25) is 14.4 Å². The minimum absolute atomic E-state index is 0.0215. The molecule has 0 aromatic carbocycles. The summed E-state index contributed by atoms with van der Waals surface area (Å²) in [5.41, 5.74) is -3.34. The molecule has 4 saturated carbocycles. The van der Waals surface area contributed by atoms with Crippen molar-refractivity contribution >= 4 is 17.5 Å². The zero-order valence-electron chi connectivity index (χ0n) is 12.9. The molecule has 0 amide bonds. The Balaban J connectivity index is 1.92. The third-order valence-corrected chi connectivity index (χ3v) is 7.05. The fourth-order valence-electron chi connectivity index (χ4n) is 5.83. The van der Waals surface area contributed by atoms with Crippen molar-refractivity contribution in [3.63, 3.8) is 0 Å². The number of carbonyl (C=O) groups is 3. The summed E-state index contributed by atoms with van der Waals surface area (Å²) in [5, 5.41) is 10.7. The second kappa shape index (κ2) is 4.19. The lowest BCUT2D eigenvalue weighted by atomic mass is 9.39. The van der Waals surface area contributed by atoms with Crippen LogP contribution in [0.1, 0.15) is 51.9 Å². The van der Waals surface area contributed by atoms with E-state index >= 15 is 0 Å². The lowest BCUT2D eigenvalue weighted by molar-refractivity contribution is -0.231. The summed E-state index contributed by atoms with van der Waals surface area (Å²) in [6.45, 7) is 1.59. The highest BCUT2D eigenvalue weighted by atomic mass is 16.5. The van der Waals surface area contributed by atoms with Crippen LogP contribution in [-0.2, 0) is 19.1 Å². The van der Waals surface area contributed by atoms with Gasteiger partial charge in [-0.1, -0.05) is 6.42 Å². The van der Waals surface area contributed by atoms with Crippen LogP contribution < -0.4 is 0 Å². The number of aliphatic hydroxyl groups is 1. The van der Waals surface area contributed by atoms with E-state index in [-0.39, 0.29) is 30.1 Å². The molecule has 0 aromatic rings. The Morgan fingerprint density at radius 3 is 2.68 bits per heavy atom. The number of hydrogen-bond acceptors (Lipinski definition) is 5. The van der Waals surface area contributed by atoms with Crippen molar-refractivity contribution in [2.45, 2.75) is 57.5 Å². The molecule has 0 unspecified atom stereocenters. The first-order valence-corrected chi connectivity index (χ1v) is 8.33. The van der Waals surface area contributed by atoms with Gasteiger partial charge in [0.05, 0.1) is 16.7 Å². The fourth-order valence-corrected chi connectivity index (χ4v) is 5.83. The van der Waals surface area contributed by atoms with Crippen molar-refractivity contribution in [3.8, 4) is 0 Å². The van der Waals surface area contributed by atoms with E-state index in [0.29, 0.717) is 32.1 Å². The molecule has 1 aliphatic heterocycles. The molecule has 2 bridgehead atoms. The molecule has 22 heavy (non-hydrogen) atoms. The Hall–Kier alpha value is -1.23. The lowest BCUT2D eigenvalue weighted by Crippen LogP contribution is -2.74. The maximum absolute atomic E-state index is 13.2. The normalized spacial score (nSPS) is 50.9. The van der Waals surface area contributed by atoms with E-state index in [1.807, 2.05) is 0 Å². The zero-order chi connectivity index (χ0) is 15.8. The predicted octanol–water partition coefficient (Wildman–Crippen LogP) is 1.41. The number of ketones is 2. The molecular weight excluding hydrogens is 284 g/mol. The van der Waals surface area contributed by atoms with Gasteiger partial charge >= 0.3 is 5.97 Å². The molecule has 1 heterocycles. The molecule has 5 atom stereocenters. The summed E-state index contributed by atoms with van der Waals surface area (Å²) in [4.78, 5) is 38.4. The smallest absolute Gasteiger partial charge is 0.310 e. The third-order valence-electron chi connectivity index (χ3n) is 7.05. The van der Waals surface area contributed by atoms with E-state index in [1.165, 1.54) is 0 Å². The molecule has 4 aliphatic carbocycles. The summed E-state index contributed by atoms with van der Waals surface area (Å²) < 4.78 is 5.38. The largest absolute Gasteiger partial charge is 0.464 e. The maximum atomic E-state index is 13.2. The molecular formula is C17H22O5. The molecule has 5 aliphatic rings. The van der Waals surface area contributed by atoms with Crippen molar-refractivity contribution in [2.75, 3.05) is 6.61 Å². The summed E-state index contributed by atoms with van der Waals surface area (Å²) in [6.07, 6.45) is 4.47. The van der Waals surface area contributed by atoms with Crippen LogP contribution in [-0.4, -0.2) is 34.9 Å². The zero-order valence-corrected chi connectivity index (χ0v) is 12.9. The van der Waals surface area contributed by atoms with Gasteiger partial charge in [0.1, 0.15) is 18.0 Å². The van der Waals surface area contributed by atoms with Crippen LogP contribution in [0.2, 0.25) is 0 Å². The van der Waals surface area contributed by atoms with Crippen LogP contribution in [0.15, 0.2) is 0 Å². The maximum Gasteiger partial charge on any atom is 0.310 e. The molecule has 0 aromatic heterocycles. The number of esters is 1. The monoisotopic (exact) mass is 306 g/mol. The standard InChI is InChI=1S/C17H22O5/c1-15(21)10-5-7-17(14(15)20)11(8-10)13(19)22-9-16(17)6-3-2-4-12(16)18/h10-11,21H,2-9H2,1H3/t10-,11-,15-,16+,17-/m1/s1. The van der Waals surface area contributed by atoms with Crippen LogP contribution in [0.25, 0.3) is 0 Å². The van der Waals surface area contributed by atoms with E-state index in [1.54, 1.807) is 6.92 Å². The van der Waals surface area contributed by atoms with Gasteiger partial charge in [0, 0.05) is 6.42 Å². The predicted molar refractivity (Wildman–Crippen MR) is 75.8 cm³/mol. The van der Waals surface area contributed by atoms with Crippen molar-refractivity contribution in [2.24, 2.45) is 22.7 Å². The first-order chi connectivity index (χ1) is 10.4. The van der Waals surface area contributed by atoms with Gasteiger partial charge < -0.3 is 9.84 Å². The molecule has 120 valence electrons. The van der Waals surface area contributed by atoms with E-state index < -0.39 is 22.3 Å². The number of ether oxygens (including phenoxy) is 1. The highest BCUT2D eigenvalue weighted by molar-refractivity contribution is 6.05. The van der Waals surface area contributed by atoms with Crippen molar-refractivity contribution in [3.05, 3.63) is 0 Å². The Morgan fingerprint density at radius 2 is 1.95 bits per heavy atom. The van der Waals surface area contributed by atoms with Gasteiger partial charge in [-0.2, -0.15) is 0 Å². The number of carbonyl (C=O) groups excluding carboxylic acids is 3. The van der Waals surface area contributed by atoms with Crippen LogP contribution >= 0.6 is 0 Å². The Morgan fingerprint density at radius 1 is 1.18 bits per heavy atom. The molecule has 5 rings (SSSR count). The minimum atomic E-state index is -1.42. The van der Waals surface area contributed by atoms with Crippen molar-refractivity contribution in [1.29, 1.82) is 0 Å². The van der Waals surface area contributed by atoms with Crippen molar-refractivity contribution in [1.82, 2.24) is 0 Å². The first kappa shape index (κ1) is 14.4. The van der Waals surface area contributed by atoms with Crippen LogP contribution in [0.5, 0.6) is 0 Å². The molecule has 1 saturated heterocycles. The molecule has 5 nitrogen and oxygen atoms in total. The molecule has 0 radical (unpaired) electrons. The summed E-state index contributed by atoms with van der Waals surface area (Å²) in [7, 11) is 0. The topological polar surface area (TPSA) is 80.7 Å². The Kier molecular flexibility index (Phi) is 2.74. The molecule has 5 heteroatoms. The number of cyclic esters (lactones) is 1. The first-order valence-electron chi connectivity index (χ1n) is 8.33. The summed E-state index contributed by atoms with van der Waals surface area (Å²) in [6, 6.07) is 0. The number of rotatable bonds is 0. The van der Waals surface area contributed by atoms with Gasteiger partial charge in [0.25, 0.3) is 0 Å². The van der Waals surface area contributed by atoms with Crippen LogP contribution in [0.3, 0.4) is 0 Å². The second-order valence-corrected chi connectivity index (χ2v) is 7.79. The summed E-state index contributed by atoms with van der Waals surface area (Å²) in [5.74, 6) is -1.32. The highest BCUT2D eigenvalue weighted by Gasteiger charge is 2.75. The molecule has 5 fully saturated rings. The number of Topliss-reactive ketones (excluding diaryl/α,β-unsaturated/α-hetero) is 2. The minimum Gasteiger partial charge on any atom is -0.464 e. The number of fused-ring (bicyclic) bond motifs is 2. The second-order valence-electron chi connectivity index (χ2n) is 7.79. The lowest BCUT2D eigenvalue weighted by Gasteiger charge is -2.64. The number of hydrogen-bond donors (Lipinski definition) is 1. The van der Waals surface area contributed by atoms with Gasteiger partial charge in [-0.25, -0.2) is 0 Å². The van der Waals surface area contributed by atoms with E-state index in [2.05, 4.69) is 0 Å². The van der Waals surface area contributed by atoms with Crippen molar-refractivity contribution < 1.29 is 24.2 Å². The van der Waals surface area contributed by atoms with E-state index in [0.717, 1.165) is 12.8 Å². The average Bonchev–Trinajstić information content (AvgIpc) is 2.50. The Bertz CT molecular complexity index is 580. The summed E-state index contributed by atoms with van der Waals surface area (Å²) >= 11 is 0. The van der Waals surface area contributed by atoms with Gasteiger partial charge in [0.15, 0.2) is 5.78 Å². The quantitative estimate of drug-likeness (QED) is 0.684. The Labute approximate surface area is 129 Å². The third kappa shape index (κ3) is 1.37. The van der Waals surface area contributed by atoms with Crippen LogP contribution in [0.4, 0.5) is 0 Å². The van der Waals surface area contributed by atoms with Gasteiger partial charge in [-0.15, -0.1) is 0 Å². The highest BCUT2D eigenvalue weighted by Crippen LogP contribution is 2.67. The SMILES string of the molecule is C[C@]1(O)C(=O)[C@@]23CC[C@@H]1C[C@@H]2C(=O)OC[C@]31CCCCC1=O. The van der Waals surface area contributed by atoms with E-state index in [9.17, 15) is 19.5 Å². The van der Waals surface area contributed by atoms with Gasteiger partial charge in [0.2, 0.25) is 0 Å². The molecule has 2 spiro atoms. The van der Waals surface area contributed by atoms with Gasteiger partial charge in [-0.05, 0) is 44.9 Å². The average molecular weight is 306 g/mol. The fraction of sp³-hybridized carbons (Fsp3) is 0.824.